The summed E-state index contributed by atoms with van der Waals surface area (Å²) in [6.45, 7) is 17.9. The molecule has 0 aliphatic carbocycles. The van der Waals surface area contributed by atoms with Gasteiger partial charge in [-0.15, -0.1) is 0 Å². The van der Waals surface area contributed by atoms with Crippen molar-refractivity contribution in [3.63, 3.8) is 0 Å². The summed E-state index contributed by atoms with van der Waals surface area (Å²) in [5.74, 6) is -0.742. The van der Waals surface area contributed by atoms with Gasteiger partial charge in [0.2, 0.25) is 0 Å². The molecule has 4 radical (unpaired) electrons. The van der Waals surface area contributed by atoms with Crippen LogP contribution < -0.4 is 9.47 Å². The van der Waals surface area contributed by atoms with E-state index in [9.17, 15) is 19.2 Å². The number of benzene rings is 2. The number of carbonyl (C=O) groups excluding carboxylic acids is 4. The van der Waals surface area contributed by atoms with Crippen molar-refractivity contribution in [1.82, 2.24) is 0 Å². The quantitative estimate of drug-likeness (QED) is 0.0684. The Balaban J connectivity index is -0.000000222. The van der Waals surface area contributed by atoms with Crippen LogP contribution in [0.25, 0.3) is 0 Å². The van der Waals surface area contributed by atoms with Gasteiger partial charge in [-0.2, -0.15) is 0 Å². The van der Waals surface area contributed by atoms with E-state index >= 15 is 0 Å². The van der Waals surface area contributed by atoms with Gasteiger partial charge in [0.25, 0.3) is 0 Å². The van der Waals surface area contributed by atoms with Crippen LogP contribution in [0.4, 0.5) is 0 Å². The molecule has 0 amide bonds. The molecule has 3 heterocycles. The summed E-state index contributed by atoms with van der Waals surface area (Å²) in [6, 6.07) is 17.8. The number of epoxide rings is 2. The number of carbonyl (C=O) groups is 4. The second kappa shape index (κ2) is 35.5. The van der Waals surface area contributed by atoms with Gasteiger partial charge in [-0.05, 0) is 63.8 Å². The van der Waals surface area contributed by atoms with Gasteiger partial charge in [-0.1, -0.05) is 93.1 Å². The first-order chi connectivity index (χ1) is 24.5. The third kappa shape index (κ3) is 28.5. The predicted octanol–water partition coefficient (Wildman–Crippen LogP) is 8.14. The van der Waals surface area contributed by atoms with Crippen molar-refractivity contribution in [2.24, 2.45) is 11.3 Å². The molecule has 3 aliphatic heterocycles. The van der Waals surface area contributed by atoms with Crippen LogP contribution in [0.5, 0.6) is 11.5 Å². The van der Waals surface area contributed by atoms with Crippen molar-refractivity contribution >= 4 is 48.4 Å². The van der Waals surface area contributed by atoms with E-state index in [0.717, 1.165) is 19.3 Å². The minimum absolute atomic E-state index is 0. The molecule has 1 N–H and O–H groups in total. The fourth-order valence-electron chi connectivity index (χ4n) is 3.96. The molecule has 0 aromatic heterocycles. The number of ether oxygens (including phenoxy) is 7. The number of para-hydroxylation sites is 2. The van der Waals surface area contributed by atoms with Gasteiger partial charge in [0, 0.05) is 33.3 Å². The molecule has 12 nitrogen and oxygen atoms in total. The van der Waals surface area contributed by atoms with Gasteiger partial charge in [-0.3, -0.25) is 9.59 Å². The SMILES string of the molecule is C.C.C.C.C1CCOC1.C=C(C)C(=O)OCC1CO1.C=CC(=O)Oc1ccccc1.CCC(C)(CC(C)C(=O)Oc1ccccc1)C(=O)OCC1CO1.[B].[NH]=[Al]. The zero-order valence-electron chi connectivity index (χ0n) is 30.7. The average molecular weight is 800 g/mol. The monoisotopic (exact) mass is 799 g/mol. The number of hydrogen-bond acceptors (Lipinski definition) is 12. The minimum atomic E-state index is -0.704. The molecule has 14 heteroatoms. The van der Waals surface area contributed by atoms with Crippen LogP contribution in [0.2, 0.25) is 0 Å². The molecule has 0 saturated carbocycles. The molecular formula is C42H67AlBNO11. The topological polar surface area (TPSA) is 163 Å². The van der Waals surface area contributed by atoms with Gasteiger partial charge >= 0.3 is 44.3 Å². The van der Waals surface area contributed by atoms with E-state index in [1.54, 1.807) is 78.5 Å². The van der Waals surface area contributed by atoms with E-state index in [1.165, 1.54) is 12.8 Å². The maximum absolute atomic E-state index is 12.3. The van der Waals surface area contributed by atoms with E-state index < -0.39 is 17.3 Å². The summed E-state index contributed by atoms with van der Waals surface area (Å²) in [5, 5.41) is 0. The molecule has 0 spiro atoms. The Kier molecular flexibility index (Phi) is 38.8. The first-order valence-electron chi connectivity index (χ1n) is 16.7. The van der Waals surface area contributed by atoms with Crippen LogP contribution in [0.15, 0.2) is 85.5 Å². The molecule has 56 heavy (non-hydrogen) atoms. The summed E-state index contributed by atoms with van der Waals surface area (Å²) in [5.41, 5.74) is -0.273. The number of hydrogen-bond donors (Lipinski definition) is 1. The number of esters is 4. The van der Waals surface area contributed by atoms with E-state index in [1.807, 2.05) is 26.0 Å². The second-order valence-corrected chi connectivity index (χ2v) is 11.9. The second-order valence-electron chi connectivity index (χ2n) is 11.9. The van der Waals surface area contributed by atoms with Crippen molar-refractivity contribution < 1.29 is 52.3 Å². The van der Waals surface area contributed by atoms with Crippen LogP contribution in [-0.2, 0) is 42.9 Å². The van der Waals surface area contributed by atoms with Crippen molar-refractivity contribution in [2.45, 2.75) is 95.3 Å². The molecule has 2 aromatic carbocycles. The van der Waals surface area contributed by atoms with Gasteiger partial charge in [0.15, 0.2) is 0 Å². The summed E-state index contributed by atoms with van der Waals surface area (Å²) in [6.07, 6.45) is 4.86. The van der Waals surface area contributed by atoms with Crippen LogP contribution in [0.3, 0.4) is 0 Å². The fraction of sp³-hybridized carbons (Fsp3) is 0.524. The molecular weight excluding hydrogens is 732 g/mol. The van der Waals surface area contributed by atoms with Crippen LogP contribution >= 0.6 is 0 Å². The number of rotatable bonds is 13. The average Bonchev–Trinajstić information content (AvgIpc) is 4.10. The molecule has 5 rings (SSSR count). The zero-order chi connectivity index (χ0) is 38.1. The van der Waals surface area contributed by atoms with Gasteiger partial charge in [-0.25, -0.2) is 9.59 Å². The Morgan fingerprint density at radius 2 is 1.29 bits per heavy atom. The van der Waals surface area contributed by atoms with Crippen LogP contribution in [0, 0.1) is 15.7 Å². The summed E-state index contributed by atoms with van der Waals surface area (Å²) in [4.78, 5) is 45.9. The van der Waals surface area contributed by atoms with Crippen LogP contribution in [-0.4, -0.2) is 100 Å². The van der Waals surface area contributed by atoms with E-state index in [2.05, 4.69) is 13.2 Å². The van der Waals surface area contributed by atoms with E-state index in [-0.39, 0.29) is 74.8 Å². The fourth-order valence-corrected chi connectivity index (χ4v) is 3.96. The first kappa shape index (κ1) is 61.3. The number of nitrogens with one attached hydrogen (secondary N) is 1. The standard InChI is InChI=1S/C18H24O5.C9H8O2.C7H10O3.C4H8O.4CH4.Al.B.HN/c1-4-18(3,17(20)22-12-15-11-21-15)10-13(2)16(19)23-14-8-6-5-7-9-14;1-2-9(10)11-8-6-4-3-5-7-8;1-5(2)7(8)10-4-6-3-9-6;1-2-4-5-3-1;;;;;;;/h5-9,13,15H,4,10-12H2,1-3H3;2-7H,1H2;6H,1,3-4H2,2H3;1-4H2;4*1H4;;;1H. The van der Waals surface area contributed by atoms with Crippen molar-refractivity contribution in [3.05, 3.63) is 85.5 Å². The molecule has 0 bridgehead atoms. The Bertz CT molecular complexity index is 1350. The normalized spacial score (nSPS) is 16.1. The summed E-state index contributed by atoms with van der Waals surface area (Å²) >= 11 is 1.67. The van der Waals surface area contributed by atoms with Crippen molar-refractivity contribution in [3.8, 4) is 11.5 Å². The van der Waals surface area contributed by atoms with Crippen LogP contribution in [0.1, 0.15) is 83.1 Å². The Morgan fingerprint density at radius 3 is 1.64 bits per heavy atom. The van der Waals surface area contributed by atoms with Crippen molar-refractivity contribution in [2.75, 3.05) is 39.6 Å². The third-order valence-electron chi connectivity index (χ3n) is 7.30. The molecule has 3 aliphatic rings. The maximum atomic E-state index is 12.3. The summed E-state index contributed by atoms with van der Waals surface area (Å²) in [7, 11) is 0. The zero-order valence-corrected chi connectivity index (χ0v) is 31.9. The molecule has 3 fully saturated rings. The Morgan fingerprint density at radius 1 is 0.857 bits per heavy atom. The summed E-state index contributed by atoms with van der Waals surface area (Å²) < 4.78 is 40.7. The van der Waals surface area contributed by atoms with Gasteiger partial charge in [0.1, 0.15) is 36.9 Å². The van der Waals surface area contributed by atoms with Crippen molar-refractivity contribution in [1.29, 1.82) is 4.35 Å². The van der Waals surface area contributed by atoms with E-state index in [4.69, 9.17) is 37.5 Å². The Hall–Kier alpha value is -3.92. The molecule has 4 unspecified atom stereocenters. The molecule has 312 valence electrons. The Labute approximate surface area is 347 Å². The van der Waals surface area contributed by atoms with E-state index in [0.29, 0.717) is 49.7 Å². The molecule has 4 atom stereocenters. The third-order valence-corrected chi connectivity index (χ3v) is 7.30. The van der Waals surface area contributed by atoms with Gasteiger partial charge in [0.05, 0.1) is 24.5 Å². The first-order valence-corrected chi connectivity index (χ1v) is 17.3. The molecule has 2 aromatic rings. The van der Waals surface area contributed by atoms with Gasteiger partial charge < -0.3 is 33.2 Å². The predicted molar refractivity (Wildman–Crippen MR) is 224 cm³/mol. The molecule has 3 saturated heterocycles.